The van der Waals surface area contributed by atoms with Gasteiger partial charge < -0.3 is 10.5 Å². The van der Waals surface area contributed by atoms with Gasteiger partial charge in [0.1, 0.15) is 6.10 Å². The van der Waals surface area contributed by atoms with E-state index in [0.29, 0.717) is 0 Å². The second kappa shape index (κ2) is 4.31. The van der Waals surface area contributed by atoms with Crippen molar-refractivity contribution in [2.45, 2.75) is 18.6 Å². The van der Waals surface area contributed by atoms with Gasteiger partial charge in [0.05, 0.1) is 11.4 Å². The van der Waals surface area contributed by atoms with Crippen LogP contribution >= 0.6 is 0 Å². The molecule has 4 heteroatoms. The van der Waals surface area contributed by atoms with E-state index < -0.39 is 0 Å². The van der Waals surface area contributed by atoms with E-state index in [0.717, 1.165) is 24.4 Å². The molecule has 2 heterocycles. The summed E-state index contributed by atoms with van der Waals surface area (Å²) in [7, 11) is 0. The molecule has 0 spiro atoms. The summed E-state index contributed by atoms with van der Waals surface area (Å²) >= 11 is 0. The molecule has 2 aromatic rings. The van der Waals surface area contributed by atoms with Gasteiger partial charge in [-0.25, -0.2) is 4.68 Å². The molecule has 1 aliphatic heterocycles. The molecule has 2 N–H and O–H groups in total. The van der Waals surface area contributed by atoms with Gasteiger partial charge in [-0.3, -0.25) is 0 Å². The largest absolute Gasteiger partial charge is 0.370 e. The van der Waals surface area contributed by atoms with Crippen LogP contribution in [0.4, 0.5) is 0 Å². The molecule has 0 unspecified atom stereocenters. The van der Waals surface area contributed by atoms with Crippen molar-refractivity contribution in [1.29, 1.82) is 0 Å². The van der Waals surface area contributed by atoms with Crippen LogP contribution in [0.5, 0.6) is 0 Å². The van der Waals surface area contributed by atoms with E-state index in [4.69, 9.17) is 10.5 Å². The van der Waals surface area contributed by atoms with E-state index >= 15 is 0 Å². The minimum atomic E-state index is -0.0438. The molecule has 1 saturated heterocycles. The van der Waals surface area contributed by atoms with E-state index in [2.05, 4.69) is 5.10 Å². The first-order chi connectivity index (χ1) is 8.36. The van der Waals surface area contributed by atoms with Crippen LogP contribution in [0.2, 0.25) is 0 Å². The second-order valence-electron chi connectivity index (χ2n) is 4.25. The fourth-order valence-electron chi connectivity index (χ4n) is 2.22. The van der Waals surface area contributed by atoms with Crippen LogP contribution in [-0.4, -0.2) is 22.4 Å². The maximum absolute atomic E-state index is 6.05. The average Bonchev–Trinajstić information content (AvgIpc) is 2.98. The SMILES string of the molecule is N[C@H]1CCO[C@H]1c1ccnn1-c1ccccc1. The molecule has 0 amide bonds. The molecule has 88 valence electrons. The van der Waals surface area contributed by atoms with Crippen molar-refractivity contribution in [1.82, 2.24) is 9.78 Å². The number of nitrogens with zero attached hydrogens (tertiary/aromatic N) is 2. The molecule has 4 nitrogen and oxygen atoms in total. The highest BCUT2D eigenvalue weighted by Crippen LogP contribution is 2.28. The fourth-order valence-corrected chi connectivity index (χ4v) is 2.22. The van der Waals surface area contributed by atoms with Gasteiger partial charge in [0.15, 0.2) is 0 Å². The predicted molar refractivity (Wildman–Crippen MR) is 64.8 cm³/mol. The van der Waals surface area contributed by atoms with Gasteiger partial charge in [-0.2, -0.15) is 5.10 Å². The third-order valence-electron chi connectivity index (χ3n) is 3.10. The number of hydrogen-bond acceptors (Lipinski definition) is 3. The van der Waals surface area contributed by atoms with Crippen molar-refractivity contribution in [3.8, 4) is 5.69 Å². The monoisotopic (exact) mass is 229 g/mol. The molecule has 0 aliphatic carbocycles. The average molecular weight is 229 g/mol. The smallest absolute Gasteiger partial charge is 0.115 e. The Hall–Kier alpha value is -1.65. The molecular formula is C13H15N3O. The molecule has 1 aromatic heterocycles. The second-order valence-corrected chi connectivity index (χ2v) is 4.25. The molecule has 1 aromatic carbocycles. The predicted octanol–water partition coefficient (Wildman–Crippen LogP) is 1.66. The van der Waals surface area contributed by atoms with Crippen LogP contribution in [0, 0.1) is 0 Å². The number of ether oxygens (including phenoxy) is 1. The van der Waals surface area contributed by atoms with Crippen LogP contribution in [0.3, 0.4) is 0 Å². The van der Waals surface area contributed by atoms with E-state index in [1.165, 1.54) is 0 Å². The first kappa shape index (κ1) is 10.5. The zero-order chi connectivity index (χ0) is 11.7. The summed E-state index contributed by atoms with van der Waals surface area (Å²) in [5.41, 5.74) is 8.12. The van der Waals surface area contributed by atoms with E-state index in [1.807, 2.05) is 41.1 Å². The Labute approximate surface area is 100 Å². The van der Waals surface area contributed by atoms with Crippen molar-refractivity contribution >= 4 is 0 Å². The van der Waals surface area contributed by atoms with E-state index in [-0.39, 0.29) is 12.1 Å². The van der Waals surface area contributed by atoms with Gasteiger partial charge >= 0.3 is 0 Å². The maximum Gasteiger partial charge on any atom is 0.115 e. The van der Waals surface area contributed by atoms with Crippen LogP contribution in [0.15, 0.2) is 42.6 Å². The molecule has 2 atom stereocenters. The van der Waals surface area contributed by atoms with Crippen LogP contribution in [0.25, 0.3) is 5.69 Å². The summed E-state index contributed by atoms with van der Waals surface area (Å²) in [5, 5.41) is 4.35. The van der Waals surface area contributed by atoms with Crippen molar-refractivity contribution in [3.63, 3.8) is 0 Å². The summed E-state index contributed by atoms with van der Waals surface area (Å²) in [4.78, 5) is 0. The number of aromatic nitrogens is 2. The molecule has 3 rings (SSSR count). The van der Waals surface area contributed by atoms with E-state index in [1.54, 1.807) is 6.20 Å². The highest BCUT2D eigenvalue weighted by atomic mass is 16.5. The molecule has 0 saturated carbocycles. The summed E-state index contributed by atoms with van der Waals surface area (Å²) in [6.07, 6.45) is 2.65. The number of nitrogens with two attached hydrogens (primary N) is 1. The third kappa shape index (κ3) is 1.85. The quantitative estimate of drug-likeness (QED) is 0.852. The fraction of sp³-hybridized carbons (Fsp3) is 0.308. The molecule has 1 aliphatic rings. The Morgan fingerprint density at radius 2 is 2.06 bits per heavy atom. The van der Waals surface area contributed by atoms with Gasteiger partial charge in [0, 0.05) is 18.8 Å². The van der Waals surface area contributed by atoms with Gasteiger partial charge in [-0.1, -0.05) is 18.2 Å². The minimum Gasteiger partial charge on any atom is -0.370 e. The summed E-state index contributed by atoms with van der Waals surface area (Å²) in [6.45, 7) is 0.728. The van der Waals surface area contributed by atoms with Gasteiger partial charge in [0.2, 0.25) is 0 Å². The van der Waals surface area contributed by atoms with Crippen LogP contribution in [0.1, 0.15) is 18.2 Å². The highest BCUT2D eigenvalue weighted by molar-refractivity contribution is 5.33. The Bertz CT molecular complexity index is 494. The summed E-state index contributed by atoms with van der Waals surface area (Å²) in [5.74, 6) is 0. The topological polar surface area (TPSA) is 53.1 Å². The van der Waals surface area contributed by atoms with Gasteiger partial charge in [0.25, 0.3) is 0 Å². The van der Waals surface area contributed by atoms with Gasteiger partial charge in [-0.05, 0) is 24.6 Å². The molecular weight excluding hydrogens is 214 g/mol. The van der Waals surface area contributed by atoms with E-state index in [9.17, 15) is 0 Å². The summed E-state index contributed by atoms with van der Waals surface area (Å²) in [6, 6.07) is 12.1. The van der Waals surface area contributed by atoms with Crippen molar-refractivity contribution in [2.75, 3.05) is 6.61 Å². The third-order valence-corrected chi connectivity index (χ3v) is 3.10. The lowest BCUT2D eigenvalue weighted by atomic mass is 10.1. The Morgan fingerprint density at radius 3 is 2.76 bits per heavy atom. The summed E-state index contributed by atoms with van der Waals surface area (Å²) < 4.78 is 7.58. The number of benzene rings is 1. The number of rotatable bonds is 2. The lowest BCUT2D eigenvalue weighted by molar-refractivity contribution is 0.0995. The van der Waals surface area contributed by atoms with Crippen LogP contribution in [-0.2, 0) is 4.74 Å². The Balaban J connectivity index is 2.00. The Kier molecular flexibility index (Phi) is 2.66. The lowest BCUT2D eigenvalue weighted by Gasteiger charge is -2.16. The first-order valence-corrected chi connectivity index (χ1v) is 5.83. The van der Waals surface area contributed by atoms with Gasteiger partial charge in [-0.15, -0.1) is 0 Å². The first-order valence-electron chi connectivity index (χ1n) is 5.83. The Morgan fingerprint density at radius 1 is 1.24 bits per heavy atom. The molecule has 0 radical (unpaired) electrons. The standard InChI is InChI=1S/C13H15N3O/c14-11-7-9-17-13(11)12-6-8-15-16(12)10-4-2-1-3-5-10/h1-6,8,11,13H,7,9,14H2/t11-,13+/m0/s1. The van der Waals surface area contributed by atoms with Crippen molar-refractivity contribution < 1.29 is 4.74 Å². The normalized spacial score (nSPS) is 24.1. The maximum atomic E-state index is 6.05. The van der Waals surface area contributed by atoms with Crippen molar-refractivity contribution in [2.24, 2.45) is 5.73 Å². The number of hydrogen-bond donors (Lipinski definition) is 1. The zero-order valence-electron chi connectivity index (χ0n) is 9.49. The minimum absolute atomic E-state index is 0.0438. The van der Waals surface area contributed by atoms with Crippen molar-refractivity contribution in [3.05, 3.63) is 48.3 Å². The molecule has 1 fully saturated rings. The molecule has 17 heavy (non-hydrogen) atoms. The molecule has 0 bridgehead atoms. The lowest BCUT2D eigenvalue weighted by Crippen LogP contribution is -2.25. The van der Waals surface area contributed by atoms with Crippen LogP contribution < -0.4 is 5.73 Å². The number of para-hydroxylation sites is 1. The highest BCUT2D eigenvalue weighted by Gasteiger charge is 2.29. The zero-order valence-corrected chi connectivity index (χ0v) is 9.49.